The zero-order valence-electron chi connectivity index (χ0n) is 11.1. The van der Waals surface area contributed by atoms with Gasteiger partial charge in [-0.3, -0.25) is 4.79 Å². The topological polar surface area (TPSA) is 79.5 Å². The first-order valence-electron chi connectivity index (χ1n) is 6.51. The number of anilines is 1. The summed E-state index contributed by atoms with van der Waals surface area (Å²) in [7, 11) is 0. The van der Waals surface area contributed by atoms with Crippen LogP contribution in [0.25, 0.3) is 0 Å². The molecule has 0 bridgehead atoms. The normalized spacial score (nSPS) is 17.9. The molecule has 0 saturated heterocycles. The Balaban J connectivity index is 1.93. The van der Waals surface area contributed by atoms with E-state index in [0.29, 0.717) is 19.5 Å². The predicted octanol–water partition coefficient (Wildman–Crippen LogP) is 1.96. The molecule has 6 heteroatoms. The molecule has 2 heterocycles. The van der Waals surface area contributed by atoms with Gasteiger partial charge in [-0.05, 0) is 25.0 Å². The van der Waals surface area contributed by atoms with Crippen molar-refractivity contribution in [2.24, 2.45) is 0 Å². The van der Waals surface area contributed by atoms with Gasteiger partial charge in [0.15, 0.2) is 0 Å². The summed E-state index contributed by atoms with van der Waals surface area (Å²) in [6.45, 7) is 3.11. The van der Waals surface area contributed by atoms with E-state index in [4.69, 9.17) is 4.63 Å². The maximum Gasteiger partial charge on any atom is 0.311 e. The Kier molecular flexibility index (Phi) is 3.14. The molecular weight excluding hydrogens is 258 g/mol. The van der Waals surface area contributed by atoms with Gasteiger partial charge < -0.3 is 10.0 Å². The summed E-state index contributed by atoms with van der Waals surface area (Å²) < 4.78 is 4.71. The Morgan fingerprint density at radius 1 is 1.45 bits per heavy atom. The number of rotatable bonds is 3. The molecule has 1 unspecified atom stereocenters. The predicted molar refractivity (Wildman–Crippen MR) is 71.5 cm³/mol. The van der Waals surface area contributed by atoms with Crippen LogP contribution < -0.4 is 4.90 Å². The third kappa shape index (κ3) is 2.13. The maximum atomic E-state index is 11.3. The van der Waals surface area contributed by atoms with E-state index < -0.39 is 11.9 Å². The average Bonchev–Trinajstić information content (AvgIpc) is 2.84. The third-order valence-corrected chi connectivity index (χ3v) is 3.73. The molecular formula is C14H15N3O3. The van der Waals surface area contributed by atoms with Gasteiger partial charge >= 0.3 is 5.97 Å². The second kappa shape index (κ2) is 4.96. The van der Waals surface area contributed by atoms with Crippen molar-refractivity contribution in [3.05, 3.63) is 41.2 Å². The van der Waals surface area contributed by atoms with Crippen LogP contribution in [-0.4, -0.2) is 27.9 Å². The molecule has 1 aliphatic heterocycles. The summed E-state index contributed by atoms with van der Waals surface area (Å²) >= 11 is 0. The Bertz CT molecular complexity index is 638. The number of hydrogen-bond donors (Lipinski definition) is 1. The zero-order valence-corrected chi connectivity index (χ0v) is 11.1. The number of benzene rings is 1. The van der Waals surface area contributed by atoms with Crippen LogP contribution >= 0.6 is 0 Å². The van der Waals surface area contributed by atoms with Crippen molar-refractivity contribution in [3.63, 3.8) is 0 Å². The highest BCUT2D eigenvalue weighted by Gasteiger charge is 2.30. The maximum absolute atomic E-state index is 11.3. The molecule has 1 aromatic carbocycles. The summed E-state index contributed by atoms with van der Waals surface area (Å²) in [5.74, 6) is -1.20. The Labute approximate surface area is 116 Å². The van der Waals surface area contributed by atoms with Crippen LogP contribution in [-0.2, 0) is 11.3 Å². The largest absolute Gasteiger partial charge is 0.481 e. The van der Waals surface area contributed by atoms with Gasteiger partial charge in [-0.15, -0.1) is 0 Å². The molecule has 2 aromatic rings. The molecule has 1 atom stereocenters. The number of hydrogen-bond acceptors (Lipinski definition) is 5. The lowest BCUT2D eigenvalue weighted by Crippen LogP contribution is -2.33. The van der Waals surface area contributed by atoms with Gasteiger partial charge in [-0.2, -0.15) is 0 Å². The number of aliphatic carboxylic acids is 1. The number of carboxylic acid groups (broad SMARTS) is 1. The number of fused-ring (bicyclic) bond motifs is 1. The molecule has 0 amide bonds. The van der Waals surface area contributed by atoms with E-state index in [1.165, 1.54) is 0 Å². The first kappa shape index (κ1) is 12.7. The van der Waals surface area contributed by atoms with Crippen LogP contribution in [0.5, 0.6) is 0 Å². The van der Waals surface area contributed by atoms with Gasteiger partial charge in [0, 0.05) is 12.2 Å². The van der Waals surface area contributed by atoms with Gasteiger partial charge in [-0.25, -0.2) is 4.63 Å². The van der Waals surface area contributed by atoms with Crippen LogP contribution in [0.3, 0.4) is 0 Å². The molecule has 6 nitrogen and oxygen atoms in total. The smallest absolute Gasteiger partial charge is 0.311 e. The molecule has 0 aliphatic carbocycles. The van der Waals surface area contributed by atoms with E-state index in [9.17, 15) is 9.90 Å². The minimum Gasteiger partial charge on any atom is -0.481 e. The van der Waals surface area contributed by atoms with Crippen molar-refractivity contribution in [2.75, 3.05) is 11.4 Å². The van der Waals surface area contributed by atoms with Crippen LogP contribution in [0.4, 0.5) is 5.69 Å². The summed E-state index contributed by atoms with van der Waals surface area (Å²) in [5.41, 5.74) is 3.37. The minimum atomic E-state index is -0.767. The van der Waals surface area contributed by atoms with Crippen molar-refractivity contribution in [1.29, 1.82) is 0 Å². The van der Waals surface area contributed by atoms with Crippen LogP contribution in [0, 0.1) is 6.92 Å². The van der Waals surface area contributed by atoms with E-state index in [-0.39, 0.29) is 0 Å². The van der Waals surface area contributed by atoms with E-state index in [2.05, 4.69) is 15.2 Å². The van der Waals surface area contributed by atoms with Crippen LogP contribution in [0.1, 0.15) is 29.3 Å². The van der Waals surface area contributed by atoms with E-state index >= 15 is 0 Å². The summed E-state index contributed by atoms with van der Waals surface area (Å²) in [5, 5.41) is 17.0. The highest BCUT2D eigenvalue weighted by Crippen LogP contribution is 2.36. The minimum absolute atomic E-state index is 0.431. The molecule has 0 fully saturated rings. The molecule has 1 N–H and O–H groups in total. The first-order chi connectivity index (χ1) is 9.66. The van der Waals surface area contributed by atoms with E-state index in [0.717, 1.165) is 22.6 Å². The lowest BCUT2D eigenvalue weighted by Gasteiger charge is -2.33. The fourth-order valence-corrected chi connectivity index (χ4v) is 2.63. The SMILES string of the molecule is Cc1nonc1CN1CCC(C(=O)O)c2ccccc21. The molecule has 104 valence electrons. The van der Waals surface area contributed by atoms with Gasteiger partial charge in [0.05, 0.1) is 12.5 Å². The molecule has 20 heavy (non-hydrogen) atoms. The molecule has 1 aliphatic rings. The molecule has 3 rings (SSSR count). The third-order valence-electron chi connectivity index (χ3n) is 3.73. The van der Waals surface area contributed by atoms with Crippen molar-refractivity contribution < 1.29 is 14.5 Å². The average molecular weight is 273 g/mol. The lowest BCUT2D eigenvalue weighted by atomic mass is 9.90. The molecule has 0 saturated carbocycles. The van der Waals surface area contributed by atoms with Crippen molar-refractivity contribution in [3.8, 4) is 0 Å². The van der Waals surface area contributed by atoms with Gasteiger partial charge in [0.1, 0.15) is 11.4 Å². The molecule has 0 spiro atoms. The van der Waals surface area contributed by atoms with Crippen molar-refractivity contribution in [2.45, 2.75) is 25.8 Å². The molecule has 0 radical (unpaired) electrons. The van der Waals surface area contributed by atoms with Gasteiger partial charge in [0.25, 0.3) is 0 Å². The van der Waals surface area contributed by atoms with Crippen LogP contribution in [0.2, 0.25) is 0 Å². The van der Waals surface area contributed by atoms with Crippen LogP contribution in [0.15, 0.2) is 28.9 Å². The fraction of sp³-hybridized carbons (Fsp3) is 0.357. The number of para-hydroxylation sites is 1. The number of nitrogens with zero attached hydrogens (tertiary/aromatic N) is 3. The highest BCUT2D eigenvalue weighted by molar-refractivity contribution is 5.80. The van der Waals surface area contributed by atoms with Gasteiger partial charge in [0.2, 0.25) is 0 Å². The summed E-state index contributed by atoms with van der Waals surface area (Å²) in [6, 6.07) is 7.63. The fourth-order valence-electron chi connectivity index (χ4n) is 2.63. The highest BCUT2D eigenvalue weighted by atomic mass is 16.6. The summed E-state index contributed by atoms with van der Waals surface area (Å²) in [6.07, 6.45) is 0.594. The number of aryl methyl sites for hydroxylation is 1. The quantitative estimate of drug-likeness (QED) is 0.920. The number of carbonyl (C=O) groups is 1. The Morgan fingerprint density at radius 3 is 2.95 bits per heavy atom. The Morgan fingerprint density at radius 2 is 2.25 bits per heavy atom. The van der Waals surface area contributed by atoms with Crippen molar-refractivity contribution in [1.82, 2.24) is 10.3 Å². The Hall–Kier alpha value is -2.37. The molecule has 1 aromatic heterocycles. The monoisotopic (exact) mass is 273 g/mol. The number of aromatic nitrogens is 2. The van der Waals surface area contributed by atoms with E-state index in [1.54, 1.807) is 0 Å². The number of carboxylic acids is 1. The van der Waals surface area contributed by atoms with E-state index in [1.807, 2.05) is 31.2 Å². The van der Waals surface area contributed by atoms with Crippen molar-refractivity contribution >= 4 is 11.7 Å². The first-order valence-corrected chi connectivity index (χ1v) is 6.51. The van der Waals surface area contributed by atoms with Gasteiger partial charge in [-0.1, -0.05) is 28.5 Å². The second-order valence-corrected chi connectivity index (χ2v) is 4.96. The lowest BCUT2D eigenvalue weighted by molar-refractivity contribution is -0.139. The zero-order chi connectivity index (χ0) is 14.1. The summed E-state index contributed by atoms with van der Waals surface area (Å²) in [4.78, 5) is 13.5. The second-order valence-electron chi connectivity index (χ2n) is 4.96. The standard InChI is InChI=1S/C14H15N3O3/c1-9-12(16-20-15-9)8-17-7-6-11(14(18)19)10-4-2-3-5-13(10)17/h2-5,11H,6-8H2,1H3,(H,18,19).